The molecule has 1 amide bonds. The number of hydrogen-bond donors (Lipinski definition) is 2. The lowest BCUT2D eigenvalue weighted by molar-refractivity contribution is -0.135. The number of hydrogen-bond acceptors (Lipinski definition) is 4. The monoisotopic (exact) mass is 298 g/mol. The molecule has 2 N–H and O–H groups in total. The molecular weight excluding hydrogens is 268 g/mol. The average Bonchev–Trinajstić information content (AvgIpc) is 2.54. The standard InChI is InChI=1S/C16H30N2O3/c1-13(21-12-15-6-2-3-10-20-15)16(19)18-9-7-14-5-4-8-17-11-14/h13-15,17H,2-12H2,1H3,(H,18,19). The summed E-state index contributed by atoms with van der Waals surface area (Å²) < 4.78 is 11.2. The van der Waals surface area contributed by atoms with E-state index in [-0.39, 0.29) is 18.1 Å². The van der Waals surface area contributed by atoms with Crippen LogP contribution in [0.5, 0.6) is 0 Å². The Morgan fingerprint density at radius 3 is 3.00 bits per heavy atom. The SMILES string of the molecule is CC(OCC1CCCCO1)C(=O)NCCC1CCCNC1. The van der Waals surface area contributed by atoms with Crippen molar-refractivity contribution in [3.8, 4) is 0 Å². The van der Waals surface area contributed by atoms with Gasteiger partial charge in [0.1, 0.15) is 6.10 Å². The largest absolute Gasteiger partial charge is 0.376 e. The second kappa shape index (κ2) is 9.38. The van der Waals surface area contributed by atoms with Crippen LogP contribution in [-0.2, 0) is 14.3 Å². The fourth-order valence-corrected chi connectivity index (χ4v) is 2.98. The maximum absolute atomic E-state index is 12.0. The summed E-state index contributed by atoms with van der Waals surface area (Å²) in [6.07, 6.45) is 6.74. The van der Waals surface area contributed by atoms with Crippen LogP contribution in [0.1, 0.15) is 45.4 Å². The fourth-order valence-electron chi connectivity index (χ4n) is 2.98. The van der Waals surface area contributed by atoms with Gasteiger partial charge in [0.25, 0.3) is 0 Å². The van der Waals surface area contributed by atoms with Crippen LogP contribution in [0.15, 0.2) is 0 Å². The Bertz CT molecular complexity index is 300. The lowest BCUT2D eigenvalue weighted by Crippen LogP contribution is -2.38. The molecule has 3 atom stereocenters. The Labute approximate surface area is 128 Å². The van der Waals surface area contributed by atoms with Crippen LogP contribution >= 0.6 is 0 Å². The van der Waals surface area contributed by atoms with Gasteiger partial charge < -0.3 is 20.1 Å². The minimum absolute atomic E-state index is 0.00502. The molecule has 0 radical (unpaired) electrons. The summed E-state index contributed by atoms with van der Waals surface area (Å²) in [4.78, 5) is 12.0. The Kier molecular flexibility index (Phi) is 7.47. The third kappa shape index (κ3) is 6.32. The zero-order valence-electron chi connectivity index (χ0n) is 13.2. The normalized spacial score (nSPS) is 28.0. The van der Waals surface area contributed by atoms with Crippen molar-refractivity contribution < 1.29 is 14.3 Å². The lowest BCUT2D eigenvalue weighted by Gasteiger charge is -2.24. The highest BCUT2D eigenvalue weighted by Crippen LogP contribution is 2.14. The van der Waals surface area contributed by atoms with Crippen molar-refractivity contribution in [3.63, 3.8) is 0 Å². The molecule has 5 nitrogen and oxygen atoms in total. The maximum Gasteiger partial charge on any atom is 0.248 e. The van der Waals surface area contributed by atoms with Gasteiger partial charge >= 0.3 is 0 Å². The van der Waals surface area contributed by atoms with Crippen LogP contribution in [0.4, 0.5) is 0 Å². The van der Waals surface area contributed by atoms with Crippen molar-refractivity contribution in [1.82, 2.24) is 10.6 Å². The quantitative estimate of drug-likeness (QED) is 0.747. The Morgan fingerprint density at radius 2 is 2.29 bits per heavy atom. The lowest BCUT2D eigenvalue weighted by atomic mass is 9.96. The summed E-state index contributed by atoms with van der Waals surface area (Å²) in [5.74, 6) is 0.695. The second-order valence-electron chi connectivity index (χ2n) is 6.26. The van der Waals surface area contributed by atoms with Crippen molar-refractivity contribution >= 4 is 5.91 Å². The van der Waals surface area contributed by atoms with Gasteiger partial charge in [-0.3, -0.25) is 4.79 Å². The van der Waals surface area contributed by atoms with Crippen LogP contribution < -0.4 is 10.6 Å². The van der Waals surface area contributed by atoms with Gasteiger partial charge in [0.05, 0.1) is 12.7 Å². The summed E-state index contributed by atoms with van der Waals surface area (Å²) >= 11 is 0. The number of ether oxygens (including phenoxy) is 2. The number of nitrogens with one attached hydrogen (secondary N) is 2. The molecule has 0 aliphatic carbocycles. The van der Waals surface area contributed by atoms with Crippen molar-refractivity contribution in [1.29, 1.82) is 0 Å². The predicted molar refractivity (Wildman–Crippen MR) is 82.2 cm³/mol. The van der Waals surface area contributed by atoms with E-state index in [2.05, 4.69) is 10.6 Å². The summed E-state index contributed by atoms with van der Waals surface area (Å²) in [7, 11) is 0. The van der Waals surface area contributed by atoms with Gasteiger partial charge in [0.15, 0.2) is 0 Å². The maximum atomic E-state index is 12.0. The average molecular weight is 298 g/mol. The van der Waals surface area contributed by atoms with E-state index < -0.39 is 0 Å². The van der Waals surface area contributed by atoms with E-state index in [4.69, 9.17) is 9.47 Å². The van der Waals surface area contributed by atoms with E-state index >= 15 is 0 Å². The number of carbonyl (C=O) groups excluding carboxylic acids is 1. The van der Waals surface area contributed by atoms with E-state index in [1.807, 2.05) is 6.92 Å². The first-order valence-electron chi connectivity index (χ1n) is 8.47. The number of rotatable bonds is 7. The van der Waals surface area contributed by atoms with Gasteiger partial charge in [-0.15, -0.1) is 0 Å². The molecule has 3 unspecified atom stereocenters. The molecule has 0 aromatic rings. The molecule has 2 aliphatic heterocycles. The third-order valence-electron chi connectivity index (χ3n) is 4.43. The molecule has 0 spiro atoms. The highest BCUT2D eigenvalue weighted by atomic mass is 16.5. The topological polar surface area (TPSA) is 59.6 Å². The molecule has 122 valence electrons. The van der Waals surface area contributed by atoms with Gasteiger partial charge in [0.2, 0.25) is 5.91 Å². The molecule has 0 saturated carbocycles. The predicted octanol–water partition coefficient (Wildman–Crippen LogP) is 1.47. The van der Waals surface area contributed by atoms with E-state index in [9.17, 15) is 4.79 Å². The van der Waals surface area contributed by atoms with Gasteiger partial charge in [-0.05, 0) is 64.5 Å². The van der Waals surface area contributed by atoms with Gasteiger partial charge in [0, 0.05) is 13.2 Å². The zero-order valence-corrected chi connectivity index (χ0v) is 13.2. The highest BCUT2D eigenvalue weighted by Gasteiger charge is 2.19. The Morgan fingerprint density at radius 1 is 1.38 bits per heavy atom. The van der Waals surface area contributed by atoms with Crippen molar-refractivity contribution in [3.05, 3.63) is 0 Å². The van der Waals surface area contributed by atoms with Crippen LogP contribution in [0.2, 0.25) is 0 Å². The number of amides is 1. The van der Waals surface area contributed by atoms with Crippen molar-refractivity contribution in [2.45, 2.75) is 57.7 Å². The molecule has 21 heavy (non-hydrogen) atoms. The van der Waals surface area contributed by atoms with Crippen LogP contribution in [0.3, 0.4) is 0 Å². The molecule has 2 saturated heterocycles. The van der Waals surface area contributed by atoms with Crippen molar-refractivity contribution in [2.75, 3.05) is 32.8 Å². The molecule has 2 rings (SSSR count). The smallest absolute Gasteiger partial charge is 0.248 e. The van der Waals surface area contributed by atoms with E-state index in [0.29, 0.717) is 12.5 Å². The summed E-state index contributed by atoms with van der Waals surface area (Å²) in [5.41, 5.74) is 0. The first-order valence-corrected chi connectivity index (χ1v) is 8.47. The van der Waals surface area contributed by atoms with Crippen molar-refractivity contribution in [2.24, 2.45) is 5.92 Å². The fraction of sp³-hybridized carbons (Fsp3) is 0.938. The molecule has 5 heteroatoms. The molecule has 2 fully saturated rings. The highest BCUT2D eigenvalue weighted by molar-refractivity contribution is 5.80. The summed E-state index contributed by atoms with van der Waals surface area (Å²) in [6.45, 7) is 6.14. The number of piperidine rings is 1. The summed E-state index contributed by atoms with van der Waals surface area (Å²) in [5, 5.41) is 6.39. The minimum Gasteiger partial charge on any atom is -0.376 e. The third-order valence-corrected chi connectivity index (χ3v) is 4.43. The van der Waals surface area contributed by atoms with E-state index in [1.165, 1.54) is 19.3 Å². The zero-order chi connectivity index (χ0) is 14.9. The second-order valence-corrected chi connectivity index (χ2v) is 6.26. The van der Waals surface area contributed by atoms with Crippen LogP contribution in [0, 0.1) is 5.92 Å². The van der Waals surface area contributed by atoms with Gasteiger partial charge in [-0.25, -0.2) is 0 Å². The molecular formula is C16H30N2O3. The molecule has 0 bridgehead atoms. The Hall–Kier alpha value is -0.650. The summed E-state index contributed by atoms with van der Waals surface area (Å²) in [6, 6.07) is 0. The molecule has 2 heterocycles. The molecule has 0 aromatic heterocycles. The number of carbonyl (C=O) groups is 1. The first kappa shape index (κ1) is 16.7. The first-order chi connectivity index (χ1) is 10.3. The van der Waals surface area contributed by atoms with E-state index in [0.717, 1.165) is 45.5 Å². The van der Waals surface area contributed by atoms with E-state index in [1.54, 1.807) is 0 Å². The van der Waals surface area contributed by atoms with Crippen LogP contribution in [0.25, 0.3) is 0 Å². The van der Waals surface area contributed by atoms with Crippen LogP contribution in [-0.4, -0.2) is 51.0 Å². The van der Waals surface area contributed by atoms with Gasteiger partial charge in [-0.2, -0.15) is 0 Å². The minimum atomic E-state index is -0.389. The molecule has 0 aromatic carbocycles. The Balaban J connectivity index is 1.54. The molecule has 2 aliphatic rings. The van der Waals surface area contributed by atoms with Gasteiger partial charge in [-0.1, -0.05) is 0 Å².